The number of hydrogen-bond acceptors (Lipinski definition) is 8. The number of aliphatic carboxylic acids is 1. The lowest BCUT2D eigenvalue weighted by Gasteiger charge is -2.00. The van der Waals surface area contributed by atoms with Crippen molar-refractivity contribution in [3.63, 3.8) is 0 Å². The van der Waals surface area contributed by atoms with E-state index in [1.165, 1.54) is 0 Å². The fourth-order valence-electron chi connectivity index (χ4n) is 0.830. The zero-order valence-corrected chi connectivity index (χ0v) is 9.44. The van der Waals surface area contributed by atoms with Gasteiger partial charge in [-0.3, -0.25) is 0 Å². The maximum Gasteiger partial charge on any atom is 0.378 e. The Morgan fingerprint density at radius 1 is 1.61 bits per heavy atom. The van der Waals surface area contributed by atoms with Gasteiger partial charge in [0.15, 0.2) is 5.13 Å². The van der Waals surface area contributed by atoms with Gasteiger partial charge in [0, 0.05) is 0 Å². The van der Waals surface area contributed by atoms with Crippen molar-refractivity contribution in [1.29, 1.82) is 0 Å². The lowest BCUT2D eigenvalue weighted by atomic mass is 10.3. The lowest BCUT2D eigenvalue weighted by Crippen LogP contribution is -2.18. The number of carbonyl (C=O) groups is 2. The van der Waals surface area contributed by atoms with Gasteiger partial charge in [-0.05, 0) is 0 Å². The van der Waals surface area contributed by atoms with Crippen LogP contribution in [0.3, 0.4) is 0 Å². The molecule has 2 radical (unpaired) electrons. The smallest absolute Gasteiger partial charge is 0.378 e. The molecule has 8 nitrogen and oxygen atoms in total. The third-order valence-electron chi connectivity index (χ3n) is 1.50. The quantitative estimate of drug-likeness (QED) is 0.412. The number of aromatic nitrogens is 1. The van der Waals surface area contributed by atoms with Gasteiger partial charge >= 0.3 is 20.0 Å². The summed E-state index contributed by atoms with van der Waals surface area (Å²) in [6.45, 7) is -0.728. The number of nitrogens with zero attached hydrogens (tertiary/aromatic N) is 2. The van der Waals surface area contributed by atoms with E-state index < -0.39 is 35.1 Å². The highest BCUT2D eigenvalue weighted by Crippen LogP contribution is 2.19. The van der Waals surface area contributed by atoms with Gasteiger partial charge in [-0.15, -0.1) is 0 Å². The Labute approximate surface area is 105 Å². The monoisotopic (exact) mass is 273 g/mol. The molecule has 1 heterocycles. The maximum absolute atomic E-state index is 13.2. The summed E-state index contributed by atoms with van der Waals surface area (Å²) >= 11 is 0.448. The zero-order valence-electron chi connectivity index (χ0n) is 8.62. The van der Waals surface area contributed by atoms with E-state index in [9.17, 15) is 14.0 Å². The first-order chi connectivity index (χ1) is 8.45. The van der Waals surface area contributed by atoms with Gasteiger partial charge in [0.2, 0.25) is 17.4 Å². The first-order valence-electron chi connectivity index (χ1n) is 4.20. The van der Waals surface area contributed by atoms with Crippen molar-refractivity contribution in [1.82, 2.24) is 4.98 Å². The minimum absolute atomic E-state index is 0.169. The van der Waals surface area contributed by atoms with E-state index in [-0.39, 0.29) is 5.13 Å². The van der Waals surface area contributed by atoms with Crippen LogP contribution in [-0.4, -0.2) is 42.4 Å². The van der Waals surface area contributed by atoms with E-state index >= 15 is 0 Å². The zero-order chi connectivity index (χ0) is 13.7. The van der Waals surface area contributed by atoms with Crippen molar-refractivity contribution >= 4 is 42.2 Å². The first-order valence-corrected chi connectivity index (χ1v) is 5.02. The summed E-state index contributed by atoms with van der Waals surface area (Å²) in [5, 5.41) is 10.8. The van der Waals surface area contributed by atoms with Crippen molar-refractivity contribution in [3.8, 4) is 0 Å². The van der Waals surface area contributed by atoms with Crippen LogP contribution in [-0.2, 0) is 19.1 Å². The Morgan fingerprint density at radius 3 is 2.72 bits per heavy atom. The Hall–Kier alpha value is -2.17. The van der Waals surface area contributed by atoms with E-state index in [1.807, 2.05) is 0 Å². The molecule has 0 aliphatic heterocycles. The molecular weight excluding hydrogens is 268 g/mol. The number of rotatable bonds is 5. The Balaban J connectivity index is 2.90. The summed E-state index contributed by atoms with van der Waals surface area (Å²) in [7, 11) is 4.51. The molecule has 18 heavy (non-hydrogen) atoms. The van der Waals surface area contributed by atoms with Crippen molar-refractivity contribution in [2.24, 2.45) is 5.16 Å². The minimum Gasteiger partial charge on any atom is -0.541 e. The molecule has 0 saturated carbocycles. The average molecular weight is 273 g/mol. The third kappa shape index (κ3) is 3.41. The van der Waals surface area contributed by atoms with E-state index in [0.29, 0.717) is 11.3 Å². The topological polar surface area (TPSA) is 124 Å². The molecule has 0 bridgehead atoms. The number of thiazole rings is 1. The van der Waals surface area contributed by atoms with E-state index in [2.05, 4.69) is 27.7 Å². The molecule has 0 unspecified atom stereocenters. The second-order valence-electron chi connectivity index (χ2n) is 2.68. The Morgan fingerprint density at radius 2 is 2.28 bits per heavy atom. The minimum atomic E-state index is -1.60. The predicted molar refractivity (Wildman–Crippen MR) is 58.5 cm³/mol. The second kappa shape index (κ2) is 5.96. The van der Waals surface area contributed by atoms with Gasteiger partial charge in [0.1, 0.15) is 5.69 Å². The van der Waals surface area contributed by atoms with Crippen LogP contribution in [0, 0.1) is 5.13 Å². The van der Waals surface area contributed by atoms with Crippen LogP contribution in [0.2, 0.25) is 0 Å². The number of carbonyl (C=O) groups excluding carboxylic acids is 1. The van der Waals surface area contributed by atoms with Gasteiger partial charge in [0.25, 0.3) is 0 Å². The van der Waals surface area contributed by atoms with Crippen LogP contribution in [0.4, 0.5) is 9.52 Å². The summed E-state index contributed by atoms with van der Waals surface area (Å²) in [6, 6.07) is 0. The van der Waals surface area contributed by atoms with E-state index in [0.717, 1.165) is 0 Å². The summed E-state index contributed by atoms with van der Waals surface area (Å²) in [5.41, 5.74) is 3.80. The Kier molecular flexibility index (Phi) is 4.60. The van der Waals surface area contributed by atoms with Crippen LogP contribution in [0.25, 0.3) is 0 Å². The first kappa shape index (κ1) is 13.9. The number of anilines is 1. The van der Waals surface area contributed by atoms with Crippen LogP contribution in [0.1, 0.15) is 5.69 Å². The molecule has 94 valence electrons. The standard InChI is InChI=1S/C7H5BFN3O5S/c8-17-2(13)1-16-12-4(6(14)15)3-5(9)18-7(10)11-3/h1H2,(H2,10,11)(H,14,15)/b12-4-. The molecule has 0 aliphatic rings. The molecule has 0 saturated heterocycles. The summed E-state index contributed by atoms with van der Waals surface area (Å²) in [6.07, 6.45) is 0. The highest BCUT2D eigenvalue weighted by atomic mass is 32.1. The van der Waals surface area contributed by atoms with Gasteiger partial charge in [-0.2, -0.15) is 4.39 Å². The second-order valence-corrected chi connectivity index (χ2v) is 3.66. The number of nitrogens with two attached hydrogens (primary N) is 1. The highest BCUT2D eigenvalue weighted by molar-refractivity contribution is 7.14. The molecule has 1 aromatic heterocycles. The summed E-state index contributed by atoms with van der Waals surface area (Å²) in [4.78, 5) is 29.2. The van der Waals surface area contributed by atoms with Gasteiger partial charge in [0.05, 0.1) is 0 Å². The molecule has 0 atom stereocenters. The molecule has 1 rings (SSSR count). The molecule has 3 N–H and O–H groups in total. The third-order valence-corrected chi connectivity index (χ3v) is 2.17. The molecular formula is C7H5BFN3O5S. The number of nitrogen functional groups attached to an aromatic ring is 1. The molecule has 11 heteroatoms. The fourth-order valence-corrected chi connectivity index (χ4v) is 1.39. The number of oxime groups is 1. The summed E-state index contributed by atoms with van der Waals surface area (Å²) in [5.74, 6) is -2.58. The number of carboxylic acids is 1. The van der Waals surface area contributed by atoms with Crippen LogP contribution in [0.5, 0.6) is 0 Å². The Bertz CT molecular complexity index is 505. The van der Waals surface area contributed by atoms with Gasteiger partial charge in [-0.1, -0.05) is 16.5 Å². The largest absolute Gasteiger partial charge is 0.541 e. The number of carboxylic acid groups (broad SMARTS) is 1. The van der Waals surface area contributed by atoms with Crippen molar-refractivity contribution in [2.45, 2.75) is 0 Å². The molecule has 0 amide bonds. The maximum atomic E-state index is 13.2. The molecule has 1 aromatic rings. The van der Waals surface area contributed by atoms with Crippen molar-refractivity contribution < 1.29 is 28.6 Å². The predicted octanol–water partition coefficient (Wildman–Crippen LogP) is -0.704. The van der Waals surface area contributed by atoms with Crippen LogP contribution >= 0.6 is 11.3 Å². The van der Waals surface area contributed by atoms with Crippen molar-refractivity contribution in [3.05, 3.63) is 10.8 Å². The number of halogens is 1. The van der Waals surface area contributed by atoms with Crippen LogP contribution in [0.15, 0.2) is 5.16 Å². The number of hydrogen-bond donors (Lipinski definition) is 2. The van der Waals surface area contributed by atoms with Crippen LogP contribution < -0.4 is 5.73 Å². The SMILES string of the molecule is [B]OC(=O)CO/N=C(\C(=O)O)c1nc(N)sc1F. The molecule has 0 aromatic carbocycles. The fraction of sp³-hybridized carbons (Fsp3) is 0.143. The van der Waals surface area contributed by atoms with Gasteiger partial charge < -0.3 is 20.3 Å². The normalized spacial score (nSPS) is 11.1. The molecule has 0 spiro atoms. The van der Waals surface area contributed by atoms with Crippen molar-refractivity contribution in [2.75, 3.05) is 12.3 Å². The van der Waals surface area contributed by atoms with E-state index in [1.54, 1.807) is 0 Å². The van der Waals surface area contributed by atoms with Gasteiger partial charge in [-0.25, -0.2) is 14.6 Å². The molecule has 0 aliphatic carbocycles. The summed E-state index contributed by atoms with van der Waals surface area (Å²) < 4.78 is 17.0. The molecule has 0 fully saturated rings. The highest BCUT2D eigenvalue weighted by Gasteiger charge is 2.22. The average Bonchev–Trinajstić information content (AvgIpc) is 2.63. The lowest BCUT2D eigenvalue weighted by molar-refractivity contribution is -0.139. The van der Waals surface area contributed by atoms with E-state index in [4.69, 9.17) is 10.8 Å².